The van der Waals surface area contributed by atoms with Crippen molar-refractivity contribution in [3.05, 3.63) is 71.5 Å². The van der Waals surface area contributed by atoms with E-state index in [4.69, 9.17) is 0 Å². The fourth-order valence-electron chi connectivity index (χ4n) is 4.29. The number of aryl methyl sites for hydroxylation is 2. The number of nitrogens with zero attached hydrogens (tertiary/aromatic N) is 5. The Balaban J connectivity index is 1.25. The minimum absolute atomic E-state index is 0.0627. The van der Waals surface area contributed by atoms with Gasteiger partial charge in [0.15, 0.2) is 5.13 Å². The van der Waals surface area contributed by atoms with Crippen LogP contribution in [-0.4, -0.2) is 57.7 Å². The van der Waals surface area contributed by atoms with Gasteiger partial charge in [-0.3, -0.25) is 19.6 Å². The molecule has 1 N–H and O–H groups in total. The Morgan fingerprint density at radius 3 is 2.47 bits per heavy atom. The number of fused-ring (bicyclic) bond motifs is 1. The maximum atomic E-state index is 13.1. The molecule has 0 saturated carbocycles. The highest BCUT2D eigenvalue weighted by Gasteiger charge is 2.25. The van der Waals surface area contributed by atoms with Crippen LogP contribution in [0.1, 0.15) is 21.7 Å². The third kappa shape index (κ3) is 4.51. The molecule has 0 unspecified atom stereocenters. The molecule has 1 fully saturated rings. The summed E-state index contributed by atoms with van der Waals surface area (Å²) in [7, 11) is 0. The van der Waals surface area contributed by atoms with E-state index < -0.39 is 0 Å². The maximum absolute atomic E-state index is 13.1. The van der Waals surface area contributed by atoms with E-state index in [1.807, 2.05) is 73.3 Å². The number of hydrogen-bond acceptors (Lipinski definition) is 6. The molecule has 4 aromatic rings. The van der Waals surface area contributed by atoms with Crippen LogP contribution in [0.3, 0.4) is 0 Å². The first-order chi connectivity index (χ1) is 16.5. The maximum Gasteiger partial charge on any atom is 0.259 e. The topological polar surface area (TPSA) is 83.4 Å². The van der Waals surface area contributed by atoms with Crippen LogP contribution in [0.2, 0.25) is 0 Å². The van der Waals surface area contributed by atoms with Gasteiger partial charge in [0.25, 0.3) is 5.91 Å². The van der Waals surface area contributed by atoms with E-state index in [0.717, 1.165) is 27.3 Å². The smallest absolute Gasteiger partial charge is 0.259 e. The molecular weight excluding hydrogens is 448 g/mol. The normalized spacial score (nSPS) is 13.9. The molecule has 5 rings (SSSR count). The largest absolute Gasteiger partial charge is 0.367 e. The number of para-hydroxylation sites is 2. The number of carbonyl (C=O) groups is 2. The molecule has 0 atom stereocenters. The van der Waals surface area contributed by atoms with Crippen LogP contribution < -0.4 is 10.2 Å². The summed E-state index contributed by atoms with van der Waals surface area (Å²) in [5.41, 5.74) is 4.24. The molecule has 1 aliphatic heterocycles. The lowest BCUT2D eigenvalue weighted by molar-refractivity contribution is -0.132. The SMILES string of the molecule is Cc1cc(C)n(CC(=O)N2CCN(c3ccccc3C(=O)Nc3nc4ccccc4s3)CC2)n1. The zero-order valence-corrected chi connectivity index (χ0v) is 20.0. The van der Waals surface area contributed by atoms with Crippen molar-refractivity contribution in [3.8, 4) is 0 Å². The van der Waals surface area contributed by atoms with Crippen LogP contribution in [0.15, 0.2) is 54.6 Å². The van der Waals surface area contributed by atoms with Gasteiger partial charge in [0, 0.05) is 37.6 Å². The van der Waals surface area contributed by atoms with E-state index in [-0.39, 0.29) is 18.4 Å². The van der Waals surface area contributed by atoms with Crippen LogP contribution in [-0.2, 0) is 11.3 Å². The van der Waals surface area contributed by atoms with E-state index in [1.54, 1.807) is 4.68 Å². The molecule has 0 bridgehead atoms. The molecule has 34 heavy (non-hydrogen) atoms. The molecule has 0 spiro atoms. The van der Waals surface area contributed by atoms with E-state index in [2.05, 4.69) is 20.3 Å². The zero-order chi connectivity index (χ0) is 23.7. The van der Waals surface area contributed by atoms with E-state index in [1.165, 1.54) is 11.3 Å². The van der Waals surface area contributed by atoms with Crippen LogP contribution in [0.25, 0.3) is 10.2 Å². The van der Waals surface area contributed by atoms with Crippen molar-refractivity contribution in [2.45, 2.75) is 20.4 Å². The summed E-state index contributed by atoms with van der Waals surface area (Å²) in [4.78, 5) is 34.5. The van der Waals surface area contributed by atoms with Crippen LogP contribution in [0.5, 0.6) is 0 Å². The molecule has 1 saturated heterocycles. The van der Waals surface area contributed by atoms with Gasteiger partial charge < -0.3 is 9.80 Å². The zero-order valence-electron chi connectivity index (χ0n) is 19.2. The number of benzene rings is 2. The third-order valence-corrected chi connectivity index (χ3v) is 6.98. The van der Waals surface area contributed by atoms with E-state index in [9.17, 15) is 9.59 Å². The fourth-order valence-corrected chi connectivity index (χ4v) is 5.15. The Bertz CT molecular complexity index is 1320. The monoisotopic (exact) mass is 474 g/mol. The van der Waals surface area contributed by atoms with E-state index in [0.29, 0.717) is 36.9 Å². The highest BCUT2D eigenvalue weighted by Crippen LogP contribution is 2.28. The highest BCUT2D eigenvalue weighted by atomic mass is 32.1. The van der Waals surface area contributed by atoms with Gasteiger partial charge in [-0.2, -0.15) is 5.10 Å². The number of aromatic nitrogens is 3. The van der Waals surface area contributed by atoms with Crippen LogP contribution in [0.4, 0.5) is 10.8 Å². The molecule has 2 aromatic carbocycles. The number of rotatable bonds is 5. The average Bonchev–Trinajstić information content (AvgIpc) is 3.40. The number of carbonyl (C=O) groups excluding carboxylic acids is 2. The second kappa shape index (κ2) is 9.26. The fraction of sp³-hybridized carbons (Fsp3) is 0.280. The predicted octanol–water partition coefficient (Wildman–Crippen LogP) is 3.71. The number of piperazine rings is 1. The summed E-state index contributed by atoms with van der Waals surface area (Å²) >= 11 is 1.46. The van der Waals surface area contributed by atoms with Gasteiger partial charge >= 0.3 is 0 Å². The number of thiazole rings is 1. The Kier molecular flexibility index (Phi) is 6.02. The van der Waals surface area contributed by atoms with Crippen molar-refractivity contribution < 1.29 is 9.59 Å². The second-order valence-electron chi connectivity index (χ2n) is 8.41. The Morgan fingerprint density at radius 2 is 1.74 bits per heavy atom. The molecule has 9 heteroatoms. The first kappa shape index (κ1) is 22.1. The molecule has 0 aliphatic carbocycles. The quantitative estimate of drug-likeness (QED) is 0.477. The summed E-state index contributed by atoms with van der Waals surface area (Å²) in [5, 5.41) is 7.94. The van der Waals surface area contributed by atoms with Gasteiger partial charge in [0.1, 0.15) is 6.54 Å². The van der Waals surface area contributed by atoms with Crippen molar-refractivity contribution in [2.24, 2.45) is 0 Å². The summed E-state index contributed by atoms with van der Waals surface area (Å²) < 4.78 is 2.79. The summed E-state index contributed by atoms with van der Waals surface area (Å²) in [6, 6.07) is 17.4. The first-order valence-corrected chi connectivity index (χ1v) is 12.1. The average molecular weight is 475 g/mol. The third-order valence-electron chi connectivity index (χ3n) is 6.02. The van der Waals surface area contributed by atoms with Crippen molar-refractivity contribution in [3.63, 3.8) is 0 Å². The molecule has 0 radical (unpaired) electrons. The number of anilines is 2. The predicted molar refractivity (Wildman–Crippen MR) is 135 cm³/mol. The van der Waals surface area contributed by atoms with Crippen molar-refractivity contribution >= 4 is 44.2 Å². The molecule has 2 aromatic heterocycles. The lowest BCUT2D eigenvalue weighted by atomic mass is 10.1. The van der Waals surface area contributed by atoms with Gasteiger partial charge in [-0.05, 0) is 44.2 Å². The lowest BCUT2D eigenvalue weighted by Gasteiger charge is -2.36. The number of hydrogen-bond donors (Lipinski definition) is 1. The molecule has 1 aliphatic rings. The summed E-state index contributed by atoms with van der Waals surface area (Å²) in [5.74, 6) is -0.120. The second-order valence-corrected chi connectivity index (χ2v) is 9.44. The standard InChI is InChI=1S/C25H26N6O2S/c1-17-15-18(2)31(28-17)16-23(32)30-13-11-29(12-14-30)21-9-5-3-7-19(21)24(33)27-25-26-20-8-4-6-10-22(20)34-25/h3-10,15H,11-14,16H2,1-2H3,(H,26,27,33). The van der Waals surface area contributed by atoms with Crippen LogP contribution >= 0.6 is 11.3 Å². The van der Waals surface area contributed by atoms with Crippen molar-refractivity contribution in [1.82, 2.24) is 19.7 Å². The van der Waals surface area contributed by atoms with Gasteiger partial charge in [-0.15, -0.1) is 0 Å². The lowest BCUT2D eigenvalue weighted by Crippen LogP contribution is -2.50. The molecule has 2 amide bonds. The Hall–Kier alpha value is -3.72. The van der Waals surface area contributed by atoms with Crippen molar-refractivity contribution in [1.29, 1.82) is 0 Å². The minimum Gasteiger partial charge on any atom is -0.367 e. The first-order valence-electron chi connectivity index (χ1n) is 11.3. The summed E-state index contributed by atoms with van der Waals surface area (Å²) in [6.45, 7) is 6.67. The van der Waals surface area contributed by atoms with Crippen LogP contribution in [0, 0.1) is 13.8 Å². The van der Waals surface area contributed by atoms with E-state index >= 15 is 0 Å². The van der Waals surface area contributed by atoms with Gasteiger partial charge in [0.2, 0.25) is 5.91 Å². The van der Waals surface area contributed by atoms with Gasteiger partial charge in [-0.1, -0.05) is 35.6 Å². The number of amides is 2. The summed E-state index contributed by atoms with van der Waals surface area (Å²) in [6.07, 6.45) is 0. The number of nitrogens with one attached hydrogen (secondary N) is 1. The Morgan fingerprint density at radius 1 is 1.00 bits per heavy atom. The molecule has 8 nitrogen and oxygen atoms in total. The van der Waals surface area contributed by atoms with Gasteiger partial charge in [0.05, 0.1) is 21.5 Å². The minimum atomic E-state index is -0.183. The molecule has 3 heterocycles. The molecular formula is C25H26N6O2S. The molecule has 174 valence electrons. The Labute approximate surface area is 201 Å². The van der Waals surface area contributed by atoms with Gasteiger partial charge in [-0.25, -0.2) is 4.98 Å². The highest BCUT2D eigenvalue weighted by molar-refractivity contribution is 7.22. The van der Waals surface area contributed by atoms with Crippen molar-refractivity contribution in [2.75, 3.05) is 36.4 Å².